The molecule has 4 heteroatoms. The molecule has 4 saturated heterocycles. The van der Waals surface area contributed by atoms with E-state index < -0.39 is 0 Å². The smallest absolute Gasteiger partial charge is 0.126 e. The van der Waals surface area contributed by atoms with Gasteiger partial charge in [0.1, 0.15) is 16.8 Å². The van der Waals surface area contributed by atoms with Crippen molar-refractivity contribution in [2.75, 3.05) is 26.4 Å². The minimum Gasteiger partial charge on any atom is -0.375 e. The second-order valence-corrected chi connectivity index (χ2v) is 8.16. The zero-order valence-corrected chi connectivity index (χ0v) is 13.5. The summed E-state index contributed by atoms with van der Waals surface area (Å²) in [7, 11) is 0. The lowest BCUT2D eigenvalue weighted by molar-refractivity contribution is -0.307. The van der Waals surface area contributed by atoms with Gasteiger partial charge in [-0.05, 0) is 51.4 Å². The van der Waals surface area contributed by atoms with Gasteiger partial charge in [0.25, 0.3) is 0 Å². The van der Waals surface area contributed by atoms with Gasteiger partial charge < -0.3 is 18.9 Å². The fourth-order valence-electron chi connectivity index (χ4n) is 6.51. The fourth-order valence-corrected chi connectivity index (χ4v) is 6.51. The zero-order chi connectivity index (χ0) is 14.7. The van der Waals surface area contributed by atoms with Gasteiger partial charge >= 0.3 is 0 Å². The normalized spacial score (nSPS) is 54.5. The van der Waals surface area contributed by atoms with E-state index in [0.717, 1.165) is 77.8 Å². The molecule has 22 heavy (non-hydrogen) atoms. The summed E-state index contributed by atoms with van der Waals surface area (Å²) in [5.74, 6) is 0. The highest BCUT2D eigenvalue weighted by Crippen LogP contribution is 2.64. The highest BCUT2D eigenvalue weighted by Gasteiger charge is 2.74. The Balaban J connectivity index is 1.64. The molecule has 1 saturated carbocycles. The van der Waals surface area contributed by atoms with Crippen molar-refractivity contribution >= 4 is 0 Å². The molecule has 4 atom stereocenters. The first-order valence-corrected chi connectivity index (χ1v) is 9.30. The Labute approximate surface area is 132 Å². The Morgan fingerprint density at radius 3 is 1.50 bits per heavy atom. The third-order valence-electron chi connectivity index (χ3n) is 7.10. The van der Waals surface area contributed by atoms with E-state index in [1.807, 2.05) is 0 Å². The van der Waals surface area contributed by atoms with Gasteiger partial charge in [0.05, 0.1) is 5.60 Å². The van der Waals surface area contributed by atoms with Gasteiger partial charge in [-0.1, -0.05) is 0 Å². The summed E-state index contributed by atoms with van der Waals surface area (Å²) in [4.78, 5) is 0. The van der Waals surface area contributed by atoms with Crippen molar-refractivity contribution in [3.05, 3.63) is 0 Å². The summed E-state index contributed by atoms with van der Waals surface area (Å²) in [6.45, 7) is 3.51. The largest absolute Gasteiger partial charge is 0.375 e. The van der Waals surface area contributed by atoms with Crippen molar-refractivity contribution < 1.29 is 18.9 Å². The zero-order valence-electron chi connectivity index (χ0n) is 13.5. The SMILES string of the molecule is C1COC2(C1)C[C@]1(CCCO1)C1(CCCO1)[C@]1(CCCO1)C2. The van der Waals surface area contributed by atoms with Crippen LogP contribution in [0.5, 0.6) is 0 Å². The van der Waals surface area contributed by atoms with Gasteiger partial charge in [-0.3, -0.25) is 0 Å². The molecule has 0 radical (unpaired) electrons. The van der Waals surface area contributed by atoms with Crippen LogP contribution in [-0.4, -0.2) is 48.8 Å². The standard InChI is InChI=1S/C18H28O4/c1-5-15(19-9-1)13-16(6-2-10-20-16)18(8-4-12-22-18)17(14-15)7-3-11-21-17/h1-14H2/t15?,16-,17+,18?. The highest BCUT2D eigenvalue weighted by atomic mass is 16.6. The summed E-state index contributed by atoms with van der Waals surface area (Å²) < 4.78 is 25.9. The van der Waals surface area contributed by atoms with Gasteiger partial charge in [0.15, 0.2) is 0 Å². The van der Waals surface area contributed by atoms with Crippen molar-refractivity contribution in [2.45, 2.75) is 86.6 Å². The lowest BCUT2D eigenvalue weighted by Gasteiger charge is -2.62. The van der Waals surface area contributed by atoms with Gasteiger partial charge in [0.2, 0.25) is 0 Å². The second kappa shape index (κ2) is 4.69. The maximum absolute atomic E-state index is 6.55. The molecule has 4 nitrogen and oxygen atoms in total. The minimum absolute atomic E-state index is 0.0219. The summed E-state index contributed by atoms with van der Waals surface area (Å²) in [6, 6.07) is 0. The number of fused-ring (bicyclic) bond motifs is 2. The van der Waals surface area contributed by atoms with Gasteiger partial charge in [0, 0.05) is 39.3 Å². The molecule has 0 aromatic heterocycles. The molecule has 0 amide bonds. The number of hydrogen-bond acceptors (Lipinski definition) is 4. The van der Waals surface area contributed by atoms with Crippen molar-refractivity contribution in [3.8, 4) is 0 Å². The van der Waals surface area contributed by atoms with Crippen molar-refractivity contribution in [1.29, 1.82) is 0 Å². The lowest BCUT2D eigenvalue weighted by atomic mass is 9.55. The first-order valence-electron chi connectivity index (χ1n) is 9.30. The molecule has 5 fully saturated rings. The Kier molecular flexibility index (Phi) is 3.03. The maximum atomic E-state index is 6.55. The molecule has 2 unspecified atom stereocenters. The van der Waals surface area contributed by atoms with E-state index in [0.29, 0.717) is 0 Å². The van der Waals surface area contributed by atoms with E-state index in [9.17, 15) is 0 Å². The molecular weight excluding hydrogens is 280 g/mol. The summed E-state index contributed by atoms with van der Waals surface area (Å²) >= 11 is 0. The molecule has 124 valence electrons. The molecule has 0 bridgehead atoms. The molecule has 1 aliphatic carbocycles. The van der Waals surface area contributed by atoms with Gasteiger partial charge in [-0.2, -0.15) is 0 Å². The van der Waals surface area contributed by atoms with Crippen molar-refractivity contribution in [2.24, 2.45) is 0 Å². The third-order valence-corrected chi connectivity index (χ3v) is 7.10. The van der Waals surface area contributed by atoms with Gasteiger partial charge in [-0.25, -0.2) is 0 Å². The summed E-state index contributed by atoms with van der Waals surface area (Å²) in [6.07, 6.45) is 11.2. The number of ether oxygens (including phenoxy) is 4. The van der Waals surface area contributed by atoms with Crippen molar-refractivity contribution in [3.63, 3.8) is 0 Å². The van der Waals surface area contributed by atoms with E-state index in [1.54, 1.807) is 0 Å². The molecule has 5 aliphatic rings. The summed E-state index contributed by atoms with van der Waals surface area (Å²) in [5.41, 5.74) is -0.580. The molecule has 0 aromatic rings. The molecule has 4 aliphatic heterocycles. The van der Waals surface area contributed by atoms with Crippen LogP contribution in [0, 0.1) is 0 Å². The van der Waals surface area contributed by atoms with Crippen LogP contribution in [0.25, 0.3) is 0 Å². The van der Waals surface area contributed by atoms with E-state index in [2.05, 4.69) is 0 Å². The van der Waals surface area contributed by atoms with Gasteiger partial charge in [-0.15, -0.1) is 0 Å². The molecular formula is C18H28O4. The molecule has 0 aromatic carbocycles. The average molecular weight is 308 g/mol. The van der Waals surface area contributed by atoms with Crippen LogP contribution < -0.4 is 0 Å². The Morgan fingerprint density at radius 2 is 1.05 bits per heavy atom. The number of rotatable bonds is 0. The maximum Gasteiger partial charge on any atom is 0.126 e. The van der Waals surface area contributed by atoms with Crippen LogP contribution in [0.15, 0.2) is 0 Å². The van der Waals surface area contributed by atoms with Crippen LogP contribution >= 0.6 is 0 Å². The van der Waals surface area contributed by atoms with Crippen molar-refractivity contribution in [1.82, 2.24) is 0 Å². The molecule has 4 spiro atoms. The van der Waals surface area contributed by atoms with E-state index in [4.69, 9.17) is 18.9 Å². The predicted octanol–water partition coefficient (Wildman–Crippen LogP) is 2.98. The van der Waals surface area contributed by atoms with E-state index >= 15 is 0 Å². The number of hydrogen-bond donors (Lipinski definition) is 0. The minimum atomic E-state index is -0.218. The monoisotopic (exact) mass is 308 g/mol. The quantitative estimate of drug-likeness (QED) is 0.689. The first-order chi connectivity index (χ1) is 10.7. The predicted molar refractivity (Wildman–Crippen MR) is 80.9 cm³/mol. The second-order valence-electron chi connectivity index (χ2n) is 8.16. The van der Waals surface area contributed by atoms with E-state index in [1.165, 1.54) is 12.8 Å². The lowest BCUT2D eigenvalue weighted by Crippen LogP contribution is -2.74. The summed E-state index contributed by atoms with van der Waals surface area (Å²) in [5, 5.41) is 0. The van der Waals surface area contributed by atoms with Crippen LogP contribution in [0.4, 0.5) is 0 Å². The Hall–Kier alpha value is -0.160. The van der Waals surface area contributed by atoms with Crippen LogP contribution in [-0.2, 0) is 18.9 Å². The van der Waals surface area contributed by atoms with E-state index in [-0.39, 0.29) is 22.4 Å². The third kappa shape index (κ3) is 1.62. The first kappa shape index (κ1) is 14.2. The van der Waals surface area contributed by atoms with Crippen LogP contribution in [0.1, 0.15) is 64.2 Å². The molecule has 5 rings (SSSR count). The van der Waals surface area contributed by atoms with Crippen LogP contribution in [0.2, 0.25) is 0 Å². The Morgan fingerprint density at radius 1 is 0.500 bits per heavy atom. The topological polar surface area (TPSA) is 36.9 Å². The van der Waals surface area contributed by atoms with Crippen LogP contribution in [0.3, 0.4) is 0 Å². The molecule has 4 heterocycles. The Bertz CT molecular complexity index is 406. The highest BCUT2D eigenvalue weighted by molar-refractivity contribution is 5.25. The average Bonchev–Trinajstić information content (AvgIpc) is 3.24. The molecule has 0 N–H and O–H groups in total. The fraction of sp³-hybridized carbons (Fsp3) is 1.00.